The van der Waals surface area contributed by atoms with Crippen LogP contribution >= 0.6 is 0 Å². The Balaban J connectivity index is 2.61. The van der Waals surface area contributed by atoms with Crippen LogP contribution in [0.15, 0.2) is 24.3 Å². The minimum Gasteiger partial charge on any atom is -0.495 e. The molecule has 3 heteroatoms. The van der Waals surface area contributed by atoms with Crippen LogP contribution in [0.25, 0.3) is 0 Å². The molecule has 0 bridgehead atoms. The highest BCUT2D eigenvalue weighted by Gasteiger charge is 2.08. The molecule has 1 N–H and O–H groups in total. The third kappa shape index (κ3) is 3.42. The van der Waals surface area contributed by atoms with Crippen LogP contribution in [0.4, 0.5) is 5.69 Å². The Morgan fingerprint density at radius 2 is 2.06 bits per heavy atom. The molecule has 0 saturated heterocycles. The molecule has 0 heterocycles. The van der Waals surface area contributed by atoms with E-state index in [4.69, 9.17) is 4.74 Å². The van der Waals surface area contributed by atoms with Gasteiger partial charge in [0.1, 0.15) is 5.75 Å². The number of rotatable bonds is 6. The molecule has 1 aromatic carbocycles. The predicted octanol–water partition coefficient (Wildman–Crippen LogP) is 2.13. The number of benzene rings is 1. The van der Waals surface area contributed by atoms with Gasteiger partial charge in [-0.3, -0.25) is 0 Å². The minimum atomic E-state index is 0.539. The predicted molar refractivity (Wildman–Crippen MR) is 69.4 cm³/mol. The molecule has 0 radical (unpaired) electrons. The van der Waals surface area contributed by atoms with Crippen molar-refractivity contribution in [2.24, 2.45) is 0 Å². The molecule has 90 valence electrons. The summed E-state index contributed by atoms with van der Waals surface area (Å²) in [5.74, 6) is 0.933. The average molecular weight is 222 g/mol. The van der Waals surface area contributed by atoms with E-state index in [2.05, 4.69) is 30.3 Å². The van der Waals surface area contributed by atoms with E-state index < -0.39 is 0 Å². The molecule has 1 rings (SSSR count). The molecule has 0 aliphatic carbocycles. The van der Waals surface area contributed by atoms with E-state index in [1.54, 1.807) is 7.11 Å². The van der Waals surface area contributed by atoms with Gasteiger partial charge < -0.3 is 15.0 Å². The van der Waals surface area contributed by atoms with Crippen molar-refractivity contribution in [3.8, 4) is 5.75 Å². The van der Waals surface area contributed by atoms with Gasteiger partial charge in [-0.25, -0.2) is 0 Å². The topological polar surface area (TPSA) is 24.5 Å². The first-order chi connectivity index (χ1) is 7.69. The lowest BCUT2D eigenvalue weighted by Crippen LogP contribution is -2.28. The van der Waals surface area contributed by atoms with Gasteiger partial charge in [-0.15, -0.1) is 0 Å². The standard InChI is InChI=1S/C13H22N2O/c1-11(14-2)9-10-15(3)12-7-5-6-8-13(12)16-4/h5-8,11,14H,9-10H2,1-4H3. The highest BCUT2D eigenvalue weighted by molar-refractivity contribution is 5.57. The van der Waals surface area contributed by atoms with Crippen molar-refractivity contribution >= 4 is 5.69 Å². The first-order valence-electron chi connectivity index (χ1n) is 5.70. The fraction of sp³-hybridized carbons (Fsp3) is 0.538. The van der Waals surface area contributed by atoms with E-state index >= 15 is 0 Å². The van der Waals surface area contributed by atoms with Gasteiger partial charge >= 0.3 is 0 Å². The molecule has 1 atom stereocenters. The Morgan fingerprint density at radius 3 is 2.69 bits per heavy atom. The number of nitrogens with one attached hydrogen (secondary N) is 1. The number of para-hydroxylation sites is 2. The summed E-state index contributed by atoms with van der Waals surface area (Å²) in [6.45, 7) is 3.21. The second kappa shape index (κ2) is 6.38. The quantitative estimate of drug-likeness (QED) is 0.798. The second-order valence-corrected chi connectivity index (χ2v) is 4.07. The fourth-order valence-electron chi connectivity index (χ4n) is 1.60. The Hall–Kier alpha value is -1.22. The van der Waals surface area contributed by atoms with Crippen molar-refractivity contribution in [3.63, 3.8) is 0 Å². The highest BCUT2D eigenvalue weighted by Crippen LogP contribution is 2.26. The maximum Gasteiger partial charge on any atom is 0.142 e. The molecule has 0 spiro atoms. The van der Waals surface area contributed by atoms with Crippen molar-refractivity contribution < 1.29 is 4.74 Å². The molecule has 0 aromatic heterocycles. The number of anilines is 1. The van der Waals surface area contributed by atoms with Gasteiger partial charge in [0.15, 0.2) is 0 Å². The first-order valence-corrected chi connectivity index (χ1v) is 5.70. The van der Waals surface area contributed by atoms with Crippen molar-refractivity contribution in [1.29, 1.82) is 0 Å². The minimum absolute atomic E-state index is 0.539. The van der Waals surface area contributed by atoms with Gasteiger partial charge in [0.05, 0.1) is 12.8 Å². The molecular formula is C13H22N2O. The largest absolute Gasteiger partial charge is 0.495 e. The fourth-order valence-corrected chi connectivity index (χ4v) is 1.60. The third-order valence-electron chi connectivity index (χ3n) is 2.89. The van der Waals surface area contributed by atoms with Crippen LogP contribution in [0.5, 0.6) is 5.75 Å². The molecule has 1 unspecified atom stereocenters. The van der Waals surface area contributed by atoms with E-state index in [-0.39, 0.29) is 0 Å². The summed E-state index contributed by atoms with van der Waals surface area (Å²) >= 11 is 0. The van der Waals surface area contributed by atoms with Gasteiger partial charge in [0, 0.05) is 19.6 Å². The smallest absolute Gasteiger partial charge is 0.142 e. The molecule has 16 heavy (non-hydrogen) atoms. The zero-order chi connectivity index (χ0) is 12.0. The Morgan fingerprint density at radius 1 is 1.38 bits per heavy atom. The molecule has 3 nitrogen and oxygen atoms in total. The SMILES string of the molecule is CNC(C)CCN(C)c1ccccc1OC. The second-order valence-electron chi connectivity index (χ2n) is 4.07. The van der Waals surface area contributed by atoms with E-state index in [1.807, 2.05) is 25.2 Å². The maximum absolute atomic E-state index is 5.34. The third-order valence-corrected chi connectivity index (χ3v) is 2.89. The highest BCUT2D eigenvalue weighted by atomic mass is 16.5. The zero-order valence-electron chi connectivity index (χ0n) is 10.7. The van der Waals surface area contributed by atoms with Gasteiger partial charge in [0.25, 0.3) is 0 Å². The summed E-state index contributed by atoms with van der Waals surface area (Å²) in [5.41, 5.74) is 1.15. The van der Waals surface area contributed by atoms with E-state index in [0.29, 0.717) is 6.04 Å². The van der Waals surface area contributed by atoms with Crippen LogP contribution in [0, 0.1) is 0 Å². The van der Waals surface area contributed by atoms with Crippen LogP contribution < -0.4 is 15.0 Å². The van der Waals surface area contributed by atoms with Crippen LogP contribution in [-0.2, 0) is 0 Å². The van der Waals surface area contributed by atoms with Crippen LogP contribution in [0.1, 0.15) is 13.3 Å². The lowest BCUT2D eigenvalue weighted by molar-refractivity contribution is 0.414. The van der Waals surface area contributed by atoms with Crippen LogP contribution in [0.3, 0.4) is 0 Å². The molecule has 0 aliphatic rings. The summed E-state index contributed by atoms with van der Waals surface area (Å²) < 4.78 is 5.34. The summed E-state index contributed by atoms with van der Waals surface area (Å²) in [7, 11) is 5.80. The molecule has 0 aliphatic heterocycles. The molecular weight excluding hydrogens is 200 g/mol. The van der Waals surface area contributed by atoms with Crippen molar-refractivity contribution in [2.75, 3.05) is 32.6 Å². The zero-order valence-corrected chi connectivity index (χ0v) is 10.7. The van der Waals surface area contributed by atoms with Crippen LogP contribution in [0.2, 0.25) is 0 Å². The number of nitrogens with zero attached hydrogens (tertiary/aromatic N) is 1. The van der Waals surface area contributed by atoms with Gasteiger partial charge in [-0.2, -0.15) is 0 Å². The Kier molecular flexibility index (Phi) is 5.12. The van der Waals surface area contributed by atoms with Crippen LogP contribution in [-0.4, -0.2) is 33.8 Å². The average Bonchev–Trinajstić information content (AvgIpc) is 2.35. The van der Waals surface area contributed by atoms with E-state index in [1.165, 1.54) is 0 Å². The number of hydrogen-bond acceptors (Lipinski definition) is 3. The normalized spacial score (nSPS) is 12.2. The molecule has 1 aromatic rings. The summed E-state index contributed by atoms with van der Waals surface area (Å²) in [5, 5.41) is 3.24. The monoisotopic (exact) mass is 222 g/mol. The lowest BCUT2D eigenvalue weighted by Gasteiger charge is -2.23. The first kappa shape index (κ1) is 12.8. The van der Waals surface area contributed by atoms with Crippen molar-refractivity contribution in [1.82, 2.24) is 5.32 Å². The number of hydrogen-bond donors (Lipinski definition) is 1. The number of methoxy groups -OCH3 is 1. The van der Waals surface area contributed by atoms with Gasteiger partial charge in [0.2, 0.25) is 0 Å². The summed E-state index contributed by atoms with van der Waals surface area (Å²) in [6.07, 6.45) is 1.12. The number of ether oxygens (including phenoxy) is 1. The van der Waals surface area contributed by atoms with Gasteiger partial charge in [-0.1, -0.05) is 12.1 Å². The Labute approximate surface area is 98.4 Å². The lowest BCUT2D eigenvalue weighted by atomic mass is 10.2. The molecule has 0 amide bonds. The maximum atomic E-state index is 5.34. The van der Waals surface area contributed by atoms with Crippen molar-refractivity contribution in [2.45, 2.75) is 19.4 Å². The summed E-state index contributed by atoms with van der Waals surface area (Å²) in [6, 6.07) is 8.65. The summed E-state index contributed by atoms with van der Waals surface area (Å²) in [4.78, 5) is 2.23. The molecule has 0 saturated carbocycles. The Bertz CT molecular complexity index is 315. The van der Waals surface area contributed by atoms with Crippen molar-refractivity contribution in [3.05, 3.63) is 24.3 Å². The molecule has 0 fully saturated rings. The van der Waals surface area contributed by atoms with Gasteiger partial charge in [-0.05, 0) is 32.5 Å². The van der Waals surface area contributed by atoms with E-state index in [0.717, 1.165) is 24.4 Å². The van der Waals surface area contributed by atoms with E-state index in [9.17, 15) is 0 Å².